The third-order valence-electron chi connectivity index (χ3n) is 4.75. The topological polar surface area (TPSA) is 88.9 Å². The van der Waals surface area contributed by atoms with Crippen LogP contribution < -0.4 is 10.6 Å². The van der Waals surface area contributed by atoms with Crippen LogP contribution in [0, 0.1) is 0 Å². The van der Waals surface area contributed by atoms with Gasteiger partial charge in [-0.25, -0.2) is 4.79 Å². The first-order chi connectivity index (χ1) is 14.7. The lowest BCUT2D eigenvalue weighted by Gasteiger charge is -2.17. The Labute approximate surface area is 179 Å². The lowest BCUT2D eigenvalue weighted by Crippen LogP contribution is -2.41. The summed E-state index contributed by atoms with van der Waals surface area (Å²) in [5.74, 6) is 0.916. The first kappa shape index (κ1) is 20.2. The molecule has 0 aliphatic heterocycles. The standard InChI is InChI=1S/C22H23N5O2S/c1-2-23-21(29)24-20(28)18(15-9-5-3-6-10-15)30-22-26-25-19(16-13-14-16)27(22)17-11-7-4-8-12-17/h3-12,16,18H,2,13-14H2,1H3,(H2,23,24,28,29). The van der Waals surface area contributed by atoms with Gasteiger partial charge in [0.25, 0.3) is 0 Å². The number of nitrogens with one attached hydrogen (secondary N) is 2. The first-order valence-corrected chi connectivity index (χ1v) is 10.9. The molecule has 0 bridgehead atoms. The summed E-state index contributed by atoms with van der Waals surface area (Å²) in [6.07, 6.45) is 2.19. The maximum Gasteiger partial charge on any atom is 0.321 e. The largest absolute Gasteiger partial charge is 0.338 e. The number of carbonyl (C=O) groups excluding carboxylic acids is 2. The fourth-order valence-corrected chi connectivity index (χ4v) is 4.23. The summed E-state index contributed by atoms with van der Waals surface area (Å²) in [5, 5.41) is 13.9. The molecule has 1 unspecified atom stereocenters. The van der Waals surface area contributed by atoms with Gasteiger partial charge in [0.15, 0.2) is 5.16 Å². The second-order valence-electron chi connectivity index (χ2n) is 7.04. The van der Waals surface area contributed by atoms with E-state index in [-0.39, 0.29) is 0 Å². The van der Waals surface area contributed by atoms with Crippen LogP contribution >= 0.6 is 11.8 Å². The normalized spacial score (nSPS) is 14.2. The van der Waals surface area contributed by atoms with E-state index in [9.17, 15) is 9.59 Å². The number of para-hydroxylation sites is 1. The van der Waals surface area contributed by atoms with Crippen LogP contribution in [0.3, 0.4) is 0 Å². The van der Waals surface area contributed by atoms with Gasteiger partial charge in [-0.1, -0.05) is 60.3 Å². The minimum Gasteiger partial charge on any atom is -0.338 e. The van der Waals surface area contributed by atoms with Crippen molar-refractivity contribution in [2.75, 3.05) is 6.54 Å². The van der Waals surface area contributed by atoms with Gasteiger partial charge in [-0.2, -0.15) is 0 Å². The van der Waals surface area contributed by atoms with Gasteiger partial charge in [0.1, 0.15) is 11.1 Å². The number of hydrogen-bond acceptors (Lipinski definition) is 5. The van der Waals surface area contributed by atoms with E-state index in [4.69, 9.17) is 0 Å². The van der Waals surface area contributed by atoms with Crippen LogP contribution in [0.15, 0.2) is 65.8 Å². The van der Waals surface area contributed by atoms with Gasteiger partial charge in [0.2, 0.25) is 5.91 Å². The van der Waals surface area contributed by atoms with Crippen molar-refractivity contribution < 1.29 is 9.59 Å². The number of hydrogen-bond donors (Lipinski definition) is 2. The molecule has 8 heteroatoms. The van der Waals surface area contributed by atoms with Crippen LogP contribution in [0.4, 0.5) is 4.79 Å². The van der Waals surface area contributed by atoms with Crippen LogP contribution in [0.2, 0.25) is 0 Å². The highest BCUT2D eigenvalue weighted by molar-refractivity contribution is 8.00. The Morgan fingerprint density at radius 3 is 2.37 bits per heavy atom. The van der Waals surface area contributed by atoms with Crippen molar-refractivity contribution in [3.05, 3.63) is 72.1 Å². The highest BCUT2D eigenvalue weighted by atomic mass is 32.2. The summed E-state index contributed by atoms with van der Waals surface area (Å²) in [5.41, 5.74) is 1.75. The van der Waals surface area contributed by atoms with Crippen LogP contribution in [-0.4, -0.2) is 33.2 Å². The van der Waals surface area contributed by atoms with Crippen molar-refractivity contribution in [3.8, 4) is 5.69 Å². The van der Waals surface area contributed by atoms with Gasteiger partial charge in [-0.05, 0) is 37.5 Å². The molecule has 0 radical (unpaired) electrons. The molecular weight excluding hydrogens is 398 g/mol. The second-order valence-corrected chi connectivity index (χ2v) is 8.12. The number of thioether (sulfide) groups is 1. The van der Waals surface area contributed by atoms with Crippen molar-refractivity contribution in [1.82, 2.24) is 25.4 Å². The molecule has 3 amide bonds. The zero-order chi connectivity index (χ0) is 20.9. The van der Waals surface area contributed by atoms with Crippen LogP contribution in [-0.2, 0) is 4.79 Å². The molecule has 1 saturated carbocycles. The van der Waals surface area contributed by atoms with E-state index < -0.39 is 17.2 Å². The van der Waals surface area contributed by atoms with Crippen molar-refractivity contribution >= 4 is 23.7 Å². The van der Waals surface area contributed by atoms with Crippen LogP contribution in [0.1, 0.15) is 42.3 Å². The Kier molecular flexibility index (Phi) is 6.13. The number of benzene rings is 2. The monoisotopic (exact) mass is 421 g/mol. The molecule has 1 atom stereocenters. The third kappa shape index (κ3) is 4.54. The second kappa shape index (κ2) is 9.13. The van der Waals surface area contributed by atoms with Gasteiger partial charge in [-0.3, -0.25) is 14.7 Å². The fraction of sp³-hybridized carbons (Fsp3) is 0.273. The van der Waals surface area contributed by atoms with Gasteiger partial charge in [-0.15, -0.1) is 10.2 Å². The summed E-state index contributed by atoms with van der Waals surface area (Å²) in [6.45, 7) is 2.24. The zero-order valence-corrected chi connectivity index (χ0v) is 17.4. The molecule has 1 heterocycles. The van der Waals surface area contributed by atoms with Crippen molar-refractivity contribution in [1.29, 1.82) is 0 Å². The predicted octanol–water partition coefficient (Wildman–Crippen LogP) is 3.82. The molecule has 3 aromatic rings. The predicted molar refractivity (Wildman–Crippen MR) is 116 cm³/mol. The van der Waals surface area contributed by atoms with Gasteiger partial charge >= 0.3 is 6.03 Å². The molecule has 1 fully saturated rings. The summed E-state index contributed by atoms with van der Waals surface area (Å²) in [4.78, 5) is 24.9. The third-order valence-corrected chi connectivity index (χ3v) is 5.95. The molecule has 154 valence electrons. The molecule has 7 nitrogen and oxygen atoms in total. The highest BCUT2D eigenvalue weighted by Crippen LogP contribution is 2.43. The van der Waals surface area contributed by atoms with Crippen molar-refractivity contribution in [2.45, 2.75) is 36.1 Å². The maximum absolute atomic E-state index is 13.0. The number of rotatable bonds is 7. The molecule has 0 spiro atoms. The molecule has 1 aromatic heterocycles. The van der Waals surface area contributed by atoms with Gasteiger partial charge in [0, 0.05) is 18.2 Å². The Hall–Kier alpha value is -3.13. The number of carbonyl (C=O) groups is 2. The fourth-order valence-electron chi connectivity index (χ4n) is 3.17. The van der Waals surface area contributed by atoms with Crippen LogP contribution in [0.5, 0.6) is 0 Å². The molecule has 4 rings (SSSR count). The molecule has 1 aliphatic carbocycles. The van der Waals surface area contributed by atoms with E-state index in [1.54, 1.807) is 6.92 Å². The summed E-state index contributed by atoms with van der Waals surface area (Å²) >= 11 is 1.29. The minimum atomic E-state index is -0.646. The quantitative estimate of drug-likeness (QED) is 0.566. The lowest BCUT2D eigenvalue weighted by molar-refractivity contribution is -0.119. The van der Waals surface area contributed by atoms with Crippen molar-refractivity contribution in [2.24, 2.45) is 0 Å². The van der Waals surface area contributed by atoms with Crippen molar-refractivity contribution in [3.63, 3.8) is 0 Å². The summed E-state index contributed by atoms with van der Waals surface area (Å²) < 4.78 is 2.03. The highest BCUT2D eigenvalue weighted by Gasteiger charge is 2.33. The average Bonchev–Trinajstić information content (AvgIpc) is 3.53. The van der Waals surface area contributed by atoms with E-state index in [0.29, 0.717) is 17.6 Å². The van der Waals surface area contributed by atoms with E-state index >= 15 is 0 Å². The Morgan fingerprint density at radius 2 is 1.73 bits per heavy atom. The Bertz CT molecular complexity index is 1020. The summed E-state index contributed by atoms with van der Waals surface area (Å²) in [7, 11) is 0. The minimum absolute atomic E-state index is 0.395. The summed E-state index contributed by atoms with van der Waals surface area (Å²) in [6, 6.07) is 18.8. The smallest absolute Gasteiger partial charge is 0.321 e. The van der Waals surface area contributed by atoms with Gasteiger partial charge < -0.3 is 5.32 Å². The molecule has 1 aliphatic rings. The maximum atomic E-state index is 13.0. The van der Waals surface area contributed by atoms with Crippen LogP contribution in [0.25, 0.3) is 5.69 Å². The molecule has 2 N–H and O–H groups in total. The number of aromatic nitrogens is 3. The number of nitrogens with zero attached hydrogens (tertiary/aromatic N) is 3. The first-order valence-electron chi connectivity index (χ1n) is 9.98. The lowest BCUT2D eigenvalue weighted by atomic mass is 10.1. The molecular formula is C22H23N5O2S. The molecule has 0 saturated heterocycles. The Balaban J connectivity index is 1.68. The van der Waals surface area contributed by atoms with Gasteiger partial charge in [0.05, 0.1) is 0 Å². The van der Waals surface area contributed by atoms with E-state index in [1.807, 2.05) is 65.2 Å². The number of urea groups is 1. The number of amides is 3. The number of imide groups is 1. The average molecular weight is 422 g/mol. The molecule has 30 heavy (non-hydrogen) atoms. The zero-order valence-electron chi connectivity index (χ0n) is 16.6. The van der Waals surface area contributed by atoms with E-state index in [0.717, 1.165) is 29.9 Å². The van der Waals surface area contributed by atoms with E-state index in [1.165, 1.54) is 11.8 Å². The SMILES string of the molecule is CCNC(=O)NC(=O)C(Sc1nnc(C2CC2)n1-c1ccccc1)c1ccccc1. The van der Waals surface area contributed by atoms with E-state index in [2.05, 4.69) is 20.8 Å². The Morgan fingerprint density at radius 1 is 1.07 bits per heavy atom. The molecule has 2 aromatic carbocycles.